The van der Waals surface area contributed by atoms with Gasteiger partial charge in [0.2, 0.25) is 5.91 Å². The second-order valence-corrected chi connectivity index (χ2v) is 9.15. The Morgan fingerprint density at radius 2 is 1.68 bits per heavy atom. The number of para-hydroxylation sites is 3. The molecule has 1 atom stereocenters. The highest BCUT2D eigenvalue weighted by molar-refractivity contribution is 7.99. The lowest BCUT2D eigenvalue weighted by atomic mass is 9.96. The van der Waals surface area contributed by atoms with Gasteiger partial charge in [0, 0.05) is 0 Å². The lowest BCUT2D eigenvalue weighted by molar-refractivity contribution is -0.119. The third-order valence-corrected chi connectivity index (χ3v) is 6.48. The Balaban J connectivity index is 1.66. The largest absolute Gasteiger partial charge is 0.495 e. The van der Waals surface area contributed by atoms with Crippen LogP contribution in [0.25, 0.3) is 16.6 Å². The van der Waals surface area contributed by atoms with Gasteiger partial charge in [0.1, 0.15) is 5.75 Å². The van der Waals surface area contributed by atoms with Crippen molar-refractivity contribution in [3.8, 4) is 11.4 Å². The van der Waals surface area contributed by atoms with Crippen molar-refractivity contribution < 1.29 is 9.53 Å². The molecule has 1 amide bonds. The number of carbonyl (C=O) groups excluding carboxylic acids is 1. The second kappa shape index (κ2) is 10.6. The molecule has 4 rings (SSSR count). The highest BCUT2D eigenvalue weighted by Gasteiger charge is 2.20. The van der Waals surface area contributed by atoms with Crippen LogP contribution in [0.15, 0.2) is 88.8 Å². The number of hydrogen-bond acceptors (Lipinski definition) is 5. The third kappa shape index (κ3) is 4.99. The molecule has 0 bridgehead atoms. The smallest absolute Gasteiger partial charge is 0.266 e. The Hall–Kier alpha value is -3.58. The molecule has 0 saturated carbocycles. The van der Waals surface area contributed by atoms with Crippen LogP contribution in [-0.2, 0) is 4.79 Å². The number of fused-ring (bicyclic) bond motifs is 1. The van der Waals surface area contributed by atoms with Crippen molar-refractivity contribution in [1.29, 1.82) is 0 Å². The molecular formula is C27H27N3O3S. The van der Waals surface area contributed by atoms with E-state index in [4.69, 9.17) is 9.72 Å². The van der Waals surface area contributed by atoms with Crippen LogP contribution in [-0.4, -0.2) is 28.3 Å². The van der Waals surface area contributed by atoms with Gasteiger partial charge >= 0.3 is 0 Å². The molecule has 4 aromatic rings. The van der Waals surface area contributed by atoms with Crippen molar-refractivity contribution in [1.82, 2.24) is 14.9 Å². The summed E-state index contributed by atoms with van der Waals surface area (Å²) in [5.74, 6) is 0.774. The molecule has 0 spiro atoms. The third-order valence-electron chi connectivity index (χ3n) is 5.55. The predicted octanol–water partition coefficient (Wildman–Crippen LogP) is 5.00. The van der Waals surface area contributed by atoms with Gasteiger partial charge in [-0.25, -0.2) is 4.98 Å². The van der Waals surface area contributed by atoms with Crippen LogP contribution in [0, 0.1) is 5.92 Å². The molecule has 6 nitrogen and oxygen atoms in total. The van der Waals surface area contributed by atoms with E-state index in [2.05, 4.69) is 19.2 Å². The molecule has 0 aliphatic heterocycles. The summed E-state index contributed by atoms with van der Waals surface area (Å²) in [5.41, 5.74) is 2.03. The Labute approximate surface area is 203 Å². The summed E-state index contributed by atoms with van der Waals surface area (Å²) in [6.45, 7) is 4.16. The Kier molecular flexibility index (Phi) is 7.33. The summed E-state index contributed by atoms with van der Waals surface area (Å²) >= 11 is 1.23. The predicted molar refractivity (Wildman–Crippen MR) is 137 cm³/mol. The molecule has 1 unspecified atom stereocenters. The van der Waals surface area contributed by atoms with Gasteiger partial charge in [0.25, 0.3) is 5.56 Å². The number of methoxy groups -OCH3 is 1. The molecule has 0 fully saturated rings. The highest BCUT2D eigenvalue weighted by Crippen LogP contribution is 2.27. The van der Waals surface area contributed by atoms with E-state index in [1.807, 2.05) is 60.7 Å². The van der Waals surface area contributed by atoms with Gasteiger partial charge in [0.05, 0.1) is 35.5 Å². The normalized spacial score (nSPS) is 12.0. The van der Waals surface area contributed by atoms with Gasteiger partial charge in [-0.1, -0.05) is 80.2 Å². The molecule has 0 aliphatic rings. The molecule has 3 aromatic carbocycles. The molecule has 174 valence electrons. The van der Waals surface area contributed by atoms with Gasteiger partial charge in [-0.15, -0.1) is 0 Å². The molecule has 0 saturated heterocycles. The minimum absolute atomic E-state index is 0.102. The number of hydrogen-bond donors (Lipinski definition) is 1. The van der Waals surface area contributed by atoms with Crippen molar-refractivity contribution in [2.75, 3.05) is 12.9 Å². The van der Waals surface area contributed by atoms with Crippen LogP contribution in [0.4, 0.5) is 0 Å². The standard InChI is InChI=1S/C27H27N3O3S/c1-18(2)25(19-11-5-4-6-12-19)29-24(31)17-34-27-28-21-14-8-7-13-20(21)26(32)30(27)22-15-9-10-16-23(22)33-3/h4-16,18,25H,17H2,1-3H3,(H,29,31). The Morgan fingerprint density at radius 3 is 2.41 bits per heavy atom. The van der Waals surface area contributed by atoms with Crippen molar-refractivity contribution in [3.05, 3.63) is 94.8 Å². The first-order valence-corrected chi connectivity index (χ1v) is 12.1. The molecule has 1 heterocycles. The molecular weight excluding hydrogens is 446 g/mol. The van der Waals surface area contributed by atoms with Crippen LogP contribution in [0.3, 0.4) is 0 Å². The number of nitrogens with zero attached hydrogens (tertiary/aromatic N) is 2. The van der Waals surface area contributed by atoms with Crippen LogP contribution < -0.4 is 15.6 Å². The molecule has 1 aromatic heterocycles. The molecule has 0 radical (unpaired) electrons. The van der Waals surface area contributed by atoms with E-state index in [1.165, 1.54) is 16.3 Å². The summed E-state index contributed by atoms with van der Waals surface area (Å²) in [6, 6.07) is 24.3. The highest BCUT2D eigenvalue weighted by atomic mass is 32.2. The number of carbonyl (C=O) groups is 1. The number of thioether (sulfide) groups is 1. The maximum absolute atomic E-state index is 13.5. The second-order valence-electron chi connectivity index (χ2n) is 8.21. The van der Waals surface area contributed by atoms with E-state index >= 15 is 0 Å². The zero-order valence-corrected chi connectivity index (χ0v) is 20.2. The van der Waals surface area contributed by atoms with Gasteiger partial charge in [-0.3, -0.25) is 14.2 Å². The summed E-state index contributed by atoms with van der Waals surface area (Å²) < 4.78 is 7.02. The van der Waals surface area contributed by atoms with E-state index < -0.39 is 0 Å². The minimum Gasteiger partial charge on any atom is -0.495 e. The van der Waals surface area contributed by atoms with Crippen LogP contribution in [0.5, 0.6) is 5.75 Å². The first-order valence-electron chi connectivity index (χ1n) is 11.1. The number of ether oxygens (including phenoxy) is 1. The zero-order valence-electron chi connectivity index (χ0n) is 19.4. The summed E-state index contributed by atoms with van der Waals surface area (Å²) in [6.07, 6.45) is 0. The fourth-order valence-corrected chi connectivity index (χ4v) is 4.69. The van der Waals surface area contributed by atoms with Crippen LogP contribution >= 0.6 is 11.8 Å². The number of aromatic nitrogens is 2. The zero-order chi connectivity index (χ0) is 24.1. The van der Waals surface area contributed by atoms with Gasteiger partial charge in [-0.2, -0.15) is 0 Å². The number of benzene rings is 3. The lowest BCUT2D eigenvalue weighted by Crippen LogP contribution is -2.33. The SMILES string of the molecule is COc1ccccc1-n1c(SCC(=O)NC(c2ccccc2)C(C)C)nc2ccccc2c1=O. The maximum atomic E-state index is 13.5. The van der Waals surface area contributed by atoms with E-state index in [-0.39, 0.29) is 29.2 Å². The first-order chi connectivity index (χ1) is 16.5. The number of amides is 1. The van der Waals surface area contributed by atoms with Crippen LogP contribution in [0.2, 0.25) is 0 Å². The quantitative estimate of drug-likeness (QED) is 0.288. The summed E-state index contributed by atoms with van der Waals surface area (Å²) in [7, 11) is 1.56. The molecule has 34 heavy (non-hydrogen) atoms. The Morgan fingerprint density at radius 1 is 1.00 bits per heavy atom. The monoisotopic (exact) mass is 473 g/mol. The van der Waals surface area contributed by atoms with Crippen molar-refractivity contribution in [3.63, 3.8) is 0 Å². The number of nitrogens with one attached hydrogen (secondary N) is 1. The molecule has 7 heteroatoms. The van der Waals surface area contributed by atoms with E-state index in [0.717, 1.165) is 5.56 Å². The topological polar surface area (TPSA) is 73.2 Å². The van der Waals surface area contributed by atoms with E-state index in [9.17, 15) is 9.59 Å². The van der Waals surface area contributed by atoms with E-state index in [1.54, 1.807) is 25.3 Å². The maximum Gasteiger partial charge on any atom is 0.266 e. The lowest BCUT2D eigenvalue weighted by Gasteiger charge is -2.23. The van der Waals surface area contributed by atoms with Crippen molar-refractivity contribution in [2.24, 2.45) is 5.92 Å². The fourth-order valence-electron chi connectivity index (χ4n) is 3.88. The fraction of sp³-hybridized carbons (Fsp3) is 0.222. The van der Waals surface area contributed by atoms with Crippen LogP contribution in [0.1, 0.15) is 25.5 Å². The molecule has 1 N–H and O–H groups in total. The van der Waals surface area contributed by atoms with Gasteiger partial charge in [0.15, 0.2) is 5.16 Å². The Bertz CT molecular complexity index is 1350. The number of rotatable bonds is 8. The summed E-state index contributed by atoms with van der Waals surface area (Å²) in [4.78, 5) is 31.1. The minimum atomic E-state index is -0.206. The first kappa shape index (κ1) is 23.6. The van der Waals surface area contributed by atoms with Gasteiger partial charge < -0.3 is 10.1 Å². The van der Waals surface area contributed by atoms with Crippen molar-refractivity contribution in [2.45, 2.75) is 25.0 Å². The van der Waals surface area contributed by atoms with E-state index in [0.29, 0.717) is 27.5 Å². The molecule has 0 aliphatic carbocycles. The average Bonchev–Trinajstić information content (AvgIpc) is 2.86. The van der Waals surface area contributed by atoms with Crippen molar-refractivity contribution >= 4 is 28.6 Å². The average molecular weight is 474 g/mol. The summed E-state index contributed by atoms with van der Waals surface area (Å²) in [5, 5.41) is 4.08. The van der Waals surface area contributed by atoms with Gasteiger partial charge in [-0.05, 0) is 35.7 Å².